The fraction of sp³-hybridized carbons (Fsp3) is 0.0952. The van der Waals surface area contributed by atoms with E-state index in [-0.39, 0.29) is 5.52 Å². The molecule has 0 aliphatic rings. The smallest absolute Gasteiger partial charge is 0.264 e. The summed E-state index contributed by atoms with van der Waals surface area (Å²) < 4.78 is 39.3. The molecule has 2 aromatic heterocycles. The summed E-state index contributed by atoms with van der Waals surface area (Å²) in [6.45, 7) is 1.87. The van der Waals surface area contributed by atoms with Crippen molar-refractivity contribution >= 4 is 22.6 Å². The summed E-state index contributed by atoms with van der Waals surface area (Å²) in [4.78, 5) is 13.3. The molecule has 7 heteroatoms. The third kappa shape index (κ3) is 3.43. The van der Waals surface area contributed by atoms with E-state index in [1.165, 1.54) is 6.07 Å². The molecule has 0 radical (unpaired) electrons. The van der Waals surface area contributed by atoms with Crippen LogP contribution in [-0.2, 0) is 6.18 Å². The zero-order valence-corrected chi connectivity index (χ0v) is 15.4. The number of nitrogens with zero attached hydrogens (tertiary/aromatic N) is 3. The van der Waals surface area contributed by atoms with Gasteiger partial charge in [0.25, 0.3) is 0 Å². The maximum absolute atomic E-state index is 13.1. The third-order valence-electron chi connectivity index (χ3n) is 4.38. The first-order valence-electron chi connectivity index (χ1n) is 8.39. The summed E-state index contributed by atoms with van der Waals surface area (Å²) in [6.07, 6.45) is -1.15. The van der Waals surface area contributed by atoms with Gasteiger partial charge >= 0.3 is 6.18 Å². The van der Waals surface area contributed by atoms with Gasteiger partial charge in [-0.05, 0) is 48.9 Å². The average molecular weight is 400 g/mol. The number of alkyl halides is 3. The van der Waals surface area contributed by atoms with E-state index in [2.05, 4.69) is 15.0 Å². The van der Waals surface area contributed by atoms with Crippen LogP contribution < -0.4 is 0 Å². The van der Waals surface area contributed by atoms with Crippen LogP contribution in [0.4, 0.5) is 13.2 Å². The molecule has 3 nitrogen and oxygen atoms in total. The van der Waals surface area contributed by atoms with E-state index in [1.54, 1.807) is 30.6 Å². The van der Waals surface area contributed by atoms with E-state index < -0.39 is 11.7 Å². The van der Waals surface area contributed by atoms with E-state index in [4.69, 9.17) is 11.6 Å². The van der Waals surface area contributed by atoms with Crippen molar-refractivity contribution in [3.63, 3.8) is 0 Å². The van der Waals surface area contributed by atoms with Gasteiger partial charge in [0.2, 0.25) is 0 Å². The second-order valence-corrected chi connectivity index (χ2v) is 6.76. The first-order chi connectivity index (χ1) is 13.3. The third-order valence-corrected chi connectivity index (χ3v) is 4.64. The van der Waals surface area contributed by atoms with Crippen molar-refractivity contribution < 1.29 is 13.2 Å². The quantitative estimate of drug-likeness (QED) is 0.395. The molecule has 4 rings (SSSR count). The van der Waals surface area contributed by atoms with Crippen LogP contribution in [0, 0.1) is 6.92 Å². The van der Waals surface area contributed by atoms with Crippen LogP contribution in [0.15, 0.2) is 60.9 Å². The summed E-state index contributed by atoms with van der Waals surface area (Å²) in [5.41, 5.74) is 3.24. The molecule has 0 unspecified atom stereocenters. The number of fused-ring (bicyclic) bond motifs is 1. The number of hydrogen-bond donors (Lipinski definition) is 0. The van der Waals surface area contributed by atoms with E-state index in [1.807, 2.05) is 19.1 Å². The van der Waals surface area contributed by atoms with Gasteiger partial charge in [0, 0.05) is 28.5 Å². The maximum atomic E-state index is 13.1. The predicted molar refractivity (Wildman–Crippen MR) is 103 cm³/mol. The SMILES string of the molecule is Cc1cnccc1-c1nc2cc(C(F)(F)F)ccc2nc1-c1ccc(Cl)cc1. The molecule has 0 saturated carbocycles. The van der Waals surface area contributed by atoms with Crippen molar-refractivity contribution in [2.24, 2.45) is 0 Å². The molecule has 0 amide bonds. The summed E-state index contributed by atoms with van der Waals surface area (Å²) in [7, 11) is 0. The van der Waals surface area contributed by atoms with Gasteiger partial charge in [0.1, 0.15) is 0 Å². The van der Waals surface area contributed by atoms with Crippen LogP contribution in [-0.4, -0.2) is 15.0 Å². The first-order valence-corrected chi connectivity index (χ1v) is 8.76. The standard InChI is InChI=1S/C21H13ClF3N3/c1-12-11-26-9-8-16(12)20-19(13-2-5-15(22)6-3-13)27-17-7-4-14(21(23,24)25)10-18(17)28-20/h2-11H,1H3. The zero-order valence-electron chi connectivity index (χ0n) is 14.6. The lowest BCUT2D eigenvalue weighted by molar-refractivity contribution is -0.137. The van der Waals surface area contributed by atoms with Crippen LogP contribution in [0.3, 0.4) is 0 Å². The Morgan fingerprint density at radius 3 is 2.25 bits per heavy atom. The molecular formula is C21H13ClF3N3. The van der Waals surface area contributed by atoms with E-state index in [0.717, 1.165) is 28.8 Å². The highest BCUT2D eigenvalue weighted by Gasteiger charge is 2.31. The molecule has 2 aromatic carbocycles. The predicted octanol–water partition coefficient (Wildman–Crippen LogP) is 6.34. The average Bonchev–Trinajstić information content (AvgIpc) is 2.67. The van der Waals surface area contributed by atoms with Gasteiger partial charge in [-0.25, -0.2) is 9.97 Å². The summed E-state index contributed by atoms with van der Waals surface area (Å²) >= 11 is 5.99. The topological polar surface area (TPSA) is 38.7 Å². The van der Waals surface area contributed by atoms with Crippen molar-refractivity contribution in [1.29, 1.82) is 0 Å². The Hall–Kier alpha value is -2.99. The maximum Gasteiger partial charge on any atom is 0.416 e. The lowest BCUT2D eigenvalue weighted by Gasteiger charge is -2.13. The molecule has 0 spiro atoms. The van der Waals surface area contributed by atoms with Gasteiger partial charge in [-0.2, -0.15) is 13.2 Å². The van der Waals surface area contributed by atoms with Crippen molar-refractivity contribution in [2.75, 3.05) is 0 Å². The Kier molecular flexibility index (Phi) is 4.51. The van der Waals surface area contributed by atoms with E-state index >= 15 is 0 Å². The van der Waals surface area contributed by atoms with Gasteiger partial charge in [-0.1, -0.05) is 23.7 Å². The Balaban J connectivity index is 2.02. The highest BCUT2D eigenvalue weighted by atomic mass is 35.5. The molecule has 0 aliphatic carbocycles. The number of hydrogen-bond acceptors (Lipinski definition) is 3. The van der Waals surface area contributed by atoms with Crippen LogP contribution in [0.25, 0.3) is 33.5 Å². The van der Waals surface area contributed by atoms with Gasteiger partial charge in [0.05, 0.1) is 28.0 Å². The first kappa shape index (κ1) is 18.4. The minimum Gasteiger partial charge on any atom is -0.264 e. The molecule has 0 aliphatic heterocycles. The molecule has 28 heavy (non-hydrogen) atoms. The molecule has 0 atom stereocenters. The minimum absolute atomic E-state index is 0.179. The van der Waals surface area contributed by atoms with Gasteiger partial charge in [-0.3, -0.25) is 4.98 Å². The molecular weight excluding hydrogens is 387 g/mol. The van der Waals surface area contributed by atoms with E-state index in [0.29, 0.717) is 21.9 Å². The lowest BCUT2D eigenvalue weighted by atomic mass is 10.0. The monoisotopic (exact) mass is 399 g/mol. The van der Waals surface area contributed by atoms with Crippen molar-refractivity contribution in [2.45, 2.75) is 13.1 Å². The number of halogens is 4. The van der Waals surface area contributed by atoms with Gasteiger partial charge in [0.15, 0.2) is 0 Å². The molecule has 0 saturated heterocycles. The molecule has 2 heterocycles. The Bertz CT molecular complexity index is 1170. The van der Waals surface area contributed by atoms with Crippen LogP contribution in [0.5, 0.6) is 0 Å². The van der Waals surface area contributed by atoms with Crippen LogP contribution in [0.1, 0.15) is 11.1 Å². The Morgan fingerprint density at radius 2 is 1.57 bits per heavy atom. The van der Waals surface area contributed by atoms with Gasteiger partial charge in [-0.15, -0.1) is 0 Å². The largest absolute Gasteiger partial charge is 0.416 e. The number of benzene rings is 2. The van der Waals surface area contributed by atoms with Crippen molar-refractivity contribution in [3.05, 3.63) is 77.1 Å². The number of aromatic nitrogens is 3. The minimum atomic E-state index is -4.45. The number of rotatable bonds is 2. The number of pyridine rings is 1. The second-order valence-electron chi connectivity index (χ2n) is 6.32. The summed E-state index contributed by atoms with van der Waals surface area (Å²) in [5, 5.41) is 0.578. The molecule has 0 N–H and O–H groups in total. The Morgan fingerprint density at radius 1 is 0.857 bits per heavy atom. The fourth-order valence-corrected chi connectivity index (χ4v) is 3.09. The summed E-state index contributed by atoms with van der Waals surface area (Å²) in [5.74, 6) is 0. The van der Waals surface area contributed by atoms with Crippen molar-refractivity contribution in [1.82, 2.24) is 15.0 Å². The highest BCUT2D eigenvalue weighted by molar-refractivity contribution is 6.30. The normalized spacial score (nSPS) is 11.8. The fourth-order valence-electron chi connectivity index (χ4n) is 2.97. The summed E-state index contributed by atoms with van der Waals surface area (Å²) in [6, 6.07) is 12.2. The van der Waals surface area contributed by atoms with Crippen LogP contribution >= 0.6 is 11.6 Å². The second kappa shape index (κ2) is 6.87. The lowest BCUT2D eigenvalue weighted by Crippen LogP contribution is -2.05. The molecule has 4 aromatic rings. The highest BCUT2D eigenvalue weighted by Crippen LogP contribution is 2.35. The van der Waals surface area contributed by atoms with Crippen molar-refractivity contribution in [3.8, 4) is 22.5 Å². The van der Waals surface area contributed by atoms with E-state index in [9.17, 15) is 13.2 Å². The molecule has 0 bridgehead atoms. The zero-order chi connectivity index (χ0) is 19.9. The number of aryl methyl sites for hydroxylation is 1. The Labute approximate surface area is 163 Å². The molecule has 0 fully saturated rings. The van der Waals surface area contributed by atoms with Gasteiger partial charge < -0.3 is 0 Å². The molecule has 140 valence electrons. The van der Waals surface area contributed by atoms with Crippen LogP contribution in [0.2, 0.25) is 5.02 Å².